The Kier molecular flexibility index (Phi) is 5.55. The molecule has 0 amide bonds. The van der Waals surface area contributed by atoms with E-state index in [1.165, 1.54) is 0 Å². The summed E-state index contributed by atoms with van der Waals surface area (Å²) in [5.41, 5.74) is 2.07. The van der Waals surface area contributed by atoms with Crippen LogP contribution < -0.4 is 5.32 Å². The summed E-state index contributed by atoms with van der Waals surface area (Å²) in [7, 11) is 0. The summed E-state index contributed by atoms with van der Waals surface area (Å²) in [5.74, 6) is 0. The molecule has 16 heavy (non-hydrogen) atoms. The standard InChI is InChI=1S/C13H18N2O/c1-2-13(6-7-14)15-9-11-4-3-5-12(8-11)10-16/h3-5,8,13,15-16H,2,6,9-10H2,1H3. The van der Waals surface area contributed by atoms with Crippen molar-refractivity contribution in [3.8, 4) is 6.07 Å². The van der Waals surface area contributed by atoms with Crippen LogP contribution in [0.25, 0.3) is 0 Å². The maximum atomic E-state index is 9.01. The molecule has 1 aromatic rings. The van der Waals surface area contributed by atoms with Crippen LogP contribution in [0.5, 0.6) is 0 Å². The monoisotopic (exact) mass is 218 g/mol. The Bertz CT molecular complexity index is 357. The van der Waals surface area contributed by atoms with E-state index in [9.17, 15) is 0 Å². The summed E-state index contributed by atoms with van der Waals surface area (Å²) in [6, 6.07) is 10.3. The van der Waals surface area contributed by atoms with Crippen LogP contribution >= 0.6 is 0 Å². The highest BCUT2D eigenvalue weighted by Crippen LogP contribution is 2.06. The van der Waals surface area contributed by atoms with Crippen LogP contribution in [-0.2, 0) is 13.2 Å². The van der Waals surface area contributed by atoms with E-state index in [1.807, 2.05) is 24.3 Å². The smallest absolute Gasteiger partial charge is 0.0681 e. The van der Waals surface area contributed by atoms with Crippen molar-refractivity contribution >= 4 is 0 Å². The van der Waals surface area contributed by atoms with Gasteiger partial charge in [-0.25, -0.2) is 0 Å². The normalized spacial score (nSPS) is 12.1. The van der Waals surface area contributed by atoms with E-state index in [2.05, 4.69) is 18.3 Å². The molecule has 0 aliphatic heterocycles. The fourth-order valence-corrected chi connectivity index (χ4v) is 1.57. The van der Waals surface area contributed by atoms with Crippen LogP contribution in [0.2, 0.25) is 0 Å². The van der Waals surface area contributed by atoms with E-state index in [4.69, 9.17) is 10.4 Å². The Balaban J connectivity index is 2.50. The molecule has 1 atom stereocenters. The van der Waals surface area contributed by atoms with Crippen molar-refractivity contribution < 1.29 is 5.11 Å². The molecule has 86 valence electrons. The molecule has 1 unspecified atom stereocenters. The molecule has 0 aromatic heterocycles. The van der Waals surface area contributed by atoms with Gasteiger partial charge in [-0.3, -0.25) is 0 Å². The largest absolute Gasteiger partial charge is 0.392 e. The van der Waals surface area contributed by atoms with Gasteiger partial charge in [-0.05, 0) is 17.5 Å². The fraction of sp³-hybridized carbons (Fsp3) is 0.462. The van der Waals surface area contributed by atoms with Gasteiger partial charge >= 0.3 is 0 Å². The van der Waals surface area contributed by atoms with Crippen molar-refractivity contribution in [2.45, 2.75) is 39.0 Å². The second-order valence-electron chi connectivity index (χ2n) is 3.83. The zero-order valence-electron chi connectivity index (χ0n) is 9.61. The van der Waals surface area contributed by atoms with E-state index >= 15 is 0 Å². The minimum Gasteiger partial charge on any atom is -0.392 e. The summed E-state index contributed by atoms with van der Waals surface area (Å²) in [6.45, 7) is 2.89. The van der Waals surface area contributed by atoms with Gasteiger partial charge in [0.2, 0.25) is 0 Å². The summed E-state index contributed by atoms with van der Waals surface area (Å²) < 4.78 is 0. The van der Waals surface area contributed by atoms with Crippen LogP contribution in [0.4, 0.5) is 0 Å². The van der Waals surface area contributed by atoms with Crippen molar-refractivity contribution in [2.24, 2.45) is 0 Å². The zero-order valence-corrected chi connectivity index (χ0v) is 9.61. The van der Waals surface area contributed by atoms with Gasteiger partial charge in [0.05, 0.1) is 19.1 Å². The molecular weight excluding hydrogens is 200 g/mol. The van der Waals surface area contributed by atoms with Crippen LogP contribution in [0.3, 0.4) is 0 Å². The lowest BCUT2D eigenvalue weighted by Gasteiger charge is -2.13. The molecule has 0 radical (unpaired) electrons. The molecule has 3 nitrogen and oxygen atoms in total. The first-order valence-electron chi connectivity index (χ1n) is 5.59. The molecule has 2 N–H and O–H groups in total. The van der Waals surface area contributed by atoms with E-state index < -0.39 is 0 Å². The molecule has 0 saturated heterocycles. The second-order valence-corrected chi connectivity index (χ2v) is 3.83. The number of hydrogen-bond donors (Lipinski definition) is 2. The molecule has 0 spiro atoms. The number of hydrogen-bond acceptors (Lipinski definition) is 3. The lowest BCUT2D eigenvalue weighted by Crippen LogP contribution is -2.27. The SMILES string of the molecule is CCC(CC#N)NCc1cccc(CO)c1. The molecule has 0 bridgehead atoms. The topological polar surface area (TPSA) is 56.0 Å². The third kappa shape index (κ3) is 4.01. The minimum absolute atomic E-state index is 0.0727. The number of benzene rings is 1. The molecule has 1 aromatic carbocycles. The molecule has 0 aliphatic rings. The molecule has 0 fully saturated rings. The molecule has 1 rings (SSSR count). The predicted molar refractivity (Wildman–Crippen MR) is 63.5 cm³/mol. The van der Waals surface area contributed by atoms with Crippen LogP contribution in [-0.4, -0.2) is 11.1 Å². The lowest BCUT2D eigenvalue weighted by molar-refractivity contribution is 0.281. The molecule has 0 heterocycles. The average molecular weight is 218 g/mol. The predicted octanol–water partition coefficient (Wildman–Crippen LogP) is 1.96. The van der Waals surface area contributed by atoms with Gasteiger partial charge in [0.15, 0.2) is 0 Å². The third-order valence-corrected chi connectivity index (χ3v) is 2.60. The van der Waals surface area contributed by atoms with Gasteiger partial charge in [-0.15, -0.1) is 0 Å². The highest BCUT2D eigenvalue weighted by Gasteiger charge is 2.04. The Morgan fingerprint density at radius 2 is 2.19 bits per heavy atom. The Labute approximate surface area is 96.7 Å². The van der Waals surface area contributed by atoms with E-state index in [0.29, 0.717) is 6.42 Å². The number of aliphatic hydroxyl groups excluding tert-OH is 1. The second kappa shape index (κ2) is 7.00. The lowest BCUT2D eigenvalue weighted by atomic mass is 10.1. The first-order valence-corrected chi connectivity index (χ1v) is 5.59. The van der Waals surface area contributed by atoms with Gasteiger partial charge in [-0.2, -0.15) is 5.26 Å². The molecule has 3 heteroatoms. The van der Waals surface area contributed by atoms with Crippen LogP contribution in [0, 0.1) is 11.3 Å². The number of rotatable bonds is 6. The first kappa shape index (κ1) is 12.7. The summed E-state index contributed by atoms with van der Waals surface area (Å²) in [5, 5.41) is 21.0. The Morgan fingerprint density at radius 3 is 2.81 bits per heavy atom. The Morgan fingerprint density at radius 1 is 1.44 bits per heavy atom. The maximum Gasteiger partial charge on any atom is 0.0681 e. The van der Waals surface area contributed by atoms with Crippen molar-refractivity contribution in [2.75, 3.05) is 0 Å². The average Bonchev–Trinajstić information content (AvgIpc) is 2.34. The highest BCUT2D eigenvalue weighted by molar-refractivity contribution is 5.22. The Hall–Kier alpha value is -1.37. The number of aliphatic hydroxyl groups is 1. The van der Waals surface area contributed by atoms with Gasteiger partial charge in [0.25, 0.3) is 0 Å². The van der Waals surface area contributed by atoms with Crippen LogP contribution in [0.15, 0.2) is 24.3 Å². The van der Waals surface area contributed by atoms with Crippen molar-refractivity contribution in [1.82, 2.24) is 5.32 Å². The van der Waals surface area contributed by atoms with Gasteiger partial charge < -0.3 is 10.4 Å². The highest BCUT2D eigenvalue weighted by atomic mass is 16.3. The van der Waals surface area contributed by atoms with Gasteiger partial charge in [0, 0.05) is 12.6 Å². The minimum atomic E-state index is 0.0727. The molecule has 0 saturated carbocycles. The summed E-state index contributed by atoms with van der Waals surface area (Å²) >= 11 is 0. The van der Waals surface area contributed by atoms with E-state index in [0.717, 1.165) is 24.1 Å². The molecule has 0 aliphatic carbocycles. The van der Waals surface area contributed by atoms with Gasteiger partial charge in [0.1, 0.15) is 0 Å². The third-order valence-electron chi connectivity index (χ3n) is 2.60. The van der Waals surface area contributed by atoms with Crippen molar-refractivity contribution in [3.05, 3.63) is 35.4 Å². The van der Waals surface area contributed by atoms with Crippen molar-refractivity contribution in [3.63, 3.8) is 0 Å². The van der Waals surface area contributed by atoms with E-state index in [1.54, 1.807) is 0 Å². The van der Waals surface area contributed by atoms with Crippen LogP contribution in [0.1, 0.15) is 30.9 Å². The fourth-order valence-electron chi connectivity index (χ4n) is 1.57. The summed E-state index contributed by atoms with van der Waals surface area (Å²) in [6.07, 6.45) is 1.49. The summed E-state index contributed by atoms with van der Waals surface area (Å²) in [4.78, 5) is 0. The van der Waals surface area contributed by atoms with E-state index in [-0.39, 0.29) is 12.6 Å². The first-order chi connectivity index (χ1) is 7.80. The zero-order chi connectivity index (χ0) is 11.8. The quantitative estimate of drug-likeness (QED) is 0.767. The molecular formula is C13H18N2O. The number of nitriles is 1. The van der Waals surface area contributed by atoms with Gasteiger partial charge in [-0.1, -0.05) is 31.2 Å². The number of nitrogens with one attached hydrogen (secondary N) is 1. The van der Waals surface area contributed by atoms with Crippen molar-refractivity contribution in [1.29, 1.82) is 5.26 Å². The number of nitrogens with zero attached hydrogens (tertiary/aromatic N) is 1. The maximum absolute atomic E-state index is 9.01.